The van der Waals surface area contributed by atoms with E-state index in [1.807, 2.05) is 49.4 Å². The molecule has 35 heavy (non-hydrogen) atoms. The average molecular weight is 510 g/mol. The van der Waals surface area contributed by atoms with Crippen LogP contribution in [0.5, 0.6) is 17.2 Å². The molecule has 0 saturated carbocycles. The first-order chi connectivity index (χ1) is 16.9. The van der Waals surface area contributed by atoms with Gasteiger partial charge in [-0.2, -0.15) is 0 Å². The Kier molecular flexibility index (Phi) is 7.42. The van der Waals surface area contributed by atoms with Gasteiger partial charge in [0, 0.05) is 28.8 Å². The minimum atomic E-state index is -0.527. The van der Waals surface area contributed by atoms with Crippen molar-refractivity contribution in [3.63, 3.8) is 0 Å². The minimum absolute atomic E-state index is 0.291. The summed E-state index contributed by atoms with van der Waals surface area (Å²) in [6.07, 6.45) is 0. The first kappa shape index (κ1) is 24.4. The predicted octanol–water partition coefficient (Wildman–Crippen LogP) is 5.91. The summed E-state index contributed by atoms with van der Waals surface area (Å²) in [6, 6.07) is 16.2. The first-order valence-corrected chi connectivity index (χ1v) is 12.1. The third-order valence-electron chi connectivity index (χ3n) is 5.16. The van der Waals surface area contributed by atoms with Crippen molar-refractivity contribution in [2.24, 2.45) is 0 Å². The quantitative estimate of drug-likeness (QED) is 0.312. The van der Waals surface area contributed by atoms with E-state index >= 15 is 0 Å². The Balaban J connectivity index is 1.45. The van der Waals surface area contributed by atoms with Crippen LogP contribution in [-0.2, 0) is 0 Å². The van der Waals surface area contributed by atoms with Gasteiger partial charge in [-0.1, -0.05) is 24.3 Å². The molecule has 2 amide bonds. The average Bonchev–Trinajstić information content (AvgIpc) is 3.32. The van der Waals surface area contributed by atoms with E-state index in [2.05, 4.69) is 15.0 Å². The highest BCUT2D eigenvalue weighted by molar-refractivity contribution is 8.12. The summed E-state index contributed by atoms with van der Waals surface area (Å²) in [4.78, 5) is 29.9. The lowest BCUT2D eigenvalue weighted by Crippen LogP contribution is -2.24. The second kappa shape index (κ2) is 10.7. The normalized spacial score (nSPS) is 10.6. The van der Waals surface area contributed by atoms with E-state index < -0.39 is 6.03 Å². The lowest BCUT2D eigenvalue weighted by Gasteiger charge is -2.14. The number of hydrogen-bond acceptors (Lipinski definition) is 8. The third-order valence-corrected chi connectivity index (χ3v) is 6.96. The third kappa shape index (κ3) is 5.33. The Morgan fingerprint density at radius 3 is 2.31 bits per heavy atom. The molecule has 4 rings (SSSR count). The number of amides is 2. The van der Waals surface area contributed by atoms with Crippen molar-refractivity contribution >= 4 is 50.3 Å². The van der Waals surface area contributed by atoms with Crippen LogP contribution in [0.1, 0.15) is 15.9 Å². The molecule has 4 aromatic rings. The molecule has 0 unspecified atom stereocenters. The zero-order valence-corrected chi connectivity index (χ0v) is 21.1. The van der Waals surface area contributed by atoms with Crippen molar-refractivity contribution in [1.82, 2.24) is 9.71 Å². The van der Waals surface area contributed by atoms with Gasteiger partial charge in [-0.3, -0.25) is 9.52 Å². The minimum Gasteiger partial charge on any atom is -0.493 e. The topological polar surface area (TPSA) is 98.8 Å². The van der Waals surface area contributed by atoms with Crippen LogP contribution in [0.25, 0.3) is 20.8 Å². The molecule has 0 fully saturated rings. The van der Waals surface area contributed by atoms with Crippen molar-refractivity contribution in [3.05, 3.63) is 65.7 Å². The van der Waals surface area contributed by atoms with Gasteiger partial charge < -0.3 is 19.5 Å². The number of fused-ring (bicyclic) bond motifs is 1. The number of nitrogens with zero attached hydrogens (tertiary/aromatic N) is 1. The van der Waals surface area contributed by atoms with Gasteiger partial charge in [-0.05, 0) is 42.8 Å². The fourth-order valence-electron chi connectivity index (χ4n) is 3.38. The highest BCUT2D eigenvalue weighted by Gasteiger charge is 2.18. The number of nitrogens with one attached hydrogen (secondary N) is 2. The van der Waals surface area contributed by atoms with Gasteiger partial charge in [0.25, 0.3) is 0 Å². The second-order valence-electron chi connectivity index (χ2n) is 7.38. The molecule has 3 aromatic carbocycles. The molecule has 1 aromatic heterocycles. The number of aryl methyl sites for hydroxylation is 1. The van der Waals surface area contributed by atoms with Gasteiger partial charge >= 0.3 is 6.03 Å². The summed E-state index contributed by atoms with van der Waals surface area (Å²) in [6.45, 7) is 1.89. The molecule has 0 aliphatic rings. The Labute approximate surface area is 210 Å². The number of benzene rings is 3. The van der Waals surface area contributed by atoms with Gasteiger partial charge in [-0.25, -0.2) is 9.78 Å². The number of hydrogen-bond donors (Lipinski definition) is 2. The fourth-order valence-corrected chi connectivity index (χ4v) is 4.82. The van der Waals surface area contributed by atoms with Crippen molar-refractivity contribution in [2.45, 2.75) is 6.92 Å². The van der Waals surface area contributed by atoms with Crippen molar-refractivity contribution in [2.75, 3.05) is 26.6 Å². The van der Waals surface area contributed by atoms with Gasteiger partial charge in [0.1, 0.15) is 5.01 Å². The highest BCUT2D eigenvalue weighted by atomic mass is 32.2. The number of anilines is 1. The van der Waals surface area contributed by atoms with E-state index in [4.69, 9.17) is 14.2 Å². The van der Waals surface area contributed by atoms with Crippen molar-refractivity contribution in [1.29, 1.82) is 0 Å². The summed E-state index contributed by atoms with van der Waals surface area (Å²) < 4.78 is 19.5. The van der Waals surface area contributed by atoms with Gasteiger partial charge in [0.05, 0.1) is 31.5 Å². The zero-order valence-electron chi connectivity index (χ0n) is 19.5. The van der Waals surface area contributed by atoms with Crippen molar-refractivity contribution < 1.29 is 23.8 Å². The van der Waals surface area contributed by atoms with Crippen LogP contribution in [0.4, 0.5) is 10.5 Å². The van der Waals surface area contributed by atoms with Crippen molar-refractivity contribution in [3.8, 4) is 27.8 Å². The van der Waals surface area contributed by atoms with Crippen LogP contribution >= 0.6 is 23.3 Å². The molecular formula is C25H23N3O5S2. The first-order valence-electron chi connectivity index (χ1n) is 10.5. The van der Waals surface area contributed by atoms with Crippen LogP contribution < -0.4 is 24.2 Å². The molecule has 180 valence electrons. The lowest BCUT2D eigenvalue weighted by molar-refractivity contribution is 0.108. The summed E-state index contributed by atoms with van der Waals surface area (Å²) in [5.41, 5.74) is 3.63. The molecule has 10 heteroatoms. The number of rotatable bonds is 6. The molecule has 8 nitrogen and oxygen atoms in total. The number of para-hydroxylation sites is 1. The molecule has 0 aliphatic heterocycles. The van der Waals surface area contributed by atoms with E-state index in [1.54, 1.807) is 11.3 Å². The van der Waals surface area contributed by atoms with Crippen LogP contribution in [0, 0.1) is 6.92 Å². The second-order valence-corrected chi connectivity index (χ2v) is 9.19. The van der Waals surface area contributed by atoms with E-state index in [0.717, 1.165) is 26.4 Å². The van der Waals surface area contributed by atoms with Crippen LogP contribution in [0.15, 0.2) is 54.6 Å². The summed E-state index contributed by atoms with van der Waals surface area (Å²) >= 11 is 2.24. The highest BCUT2D eigenvalue weighted by Crippen LogP contribution is 2.39. The van der Waals surface area contributed by atoms with Crippen LogP contribution in [0.2, 0.25) is 0 Å². The number of urea groups is 1. The summed E-state index contributed by atoms with van der Waals surface area (Å²) in [5, 5.41) is 3.28. The van der Waals surface area contributed by atoms with Crippen LogP contribution in [0.3, 0.4) is 0 Å². The molecule has 0 radical (unpaired) electrons. The number of aromatic nitrogens is 1. The van der Waals surface area contributed by atoms with Crippen LogP contribution in [-0.4, -0.2) is 37.5 Å². The molecule has 0 spiro atoms. The van der Waals surface area contributed by atoms with Gasteiger partial charge in [-0.15, -0.1) is 11.3 Å². The number of carbonyl (C=O) groups excluding carboxylic acids is 2. The zero-order chi connectivity index (χ0) is 24.9. The van der Waals surface area contributed by atoms with E-state index in [-0.39, 0.29) is 5.12 Å². The van der Waals surface area contributed by atoms with E-state index in [0.29, 0.717) is 40.4 Å². The Bertz CT molecular complexity index is 1350. The SMILES string of the molecule is COc1cc(C(=O)SNC(=O)Nc2cc(-c3nc4ccccc4s3)ccc2C)cc(OC)c1OC. The predicted molar refractivity (Wildman–Crippen MR) is 140 cm³/mol. The Morgan fingerprint density at radius 2 is 1.66 bits per heavy atom. The molecule has 0 aliphatic carbocycles. The molecular weight excluding hydrogens is 486 g/mol. The standard InChI is InChI=1S/C25H23N3O5S2/c1-14-9-10-15(23-26-17-7-5-6-8-21(17)34-23)11-18(14)27-25(30)28-35-24(29)16-12-19(31-2)22(33-4)20(13-16)32-3/h5-13H,1-4H3,(H2,27,28,30). The number of carbonyl (C=O) groups is 2. The van der Waals surface area contributed by atoms with Gasteiger partial charge in [0.2, 0.25) is 10.9 Å². The largest absolute Gasteiger partial charge is 0.493 e. The number of ether oxygens (including phenoxy) is 3. The maximum atomic E-state index is 12.7. The summed E-state index contributed by atoms with van der Waals surface area (Å²) in [7, 11) is 4.42. The summed E-state index contributed by atoms with van der Waals surface area (Å²) in [5.74, 6) is 1.08. The lowest BCUT2D eigenvalue weighted by atomic mass is 10.1. The molecule has 1 heterocycles. The molecule has 2 N–H and O–H groups in total. The maximum absolute atomic E-state index is 12.7. The van der Waals surface area contributed by atoms with E-state index in [9.17, 15) is 9.59 Å². The monoisotopic (exact) mass is 509 g/mol. The smallest absolute Gasteiger partial charge is 0.329 e. The number of thiazole rings is 1. The number of methoxy groups -OCH3 is 3. The Morgan fingerprint density at radius 1 is 0.943 bits per heavy atom. The maximum Gasteiger partial charge on any atom is 0.329 e. The van der Waals surface area contributed by atoms with E-state index in [1.165, 1.54) is 33.5 Å². The molecule has 0 atom stereocenters. The Hall–Kier alpha value is -3.76. The van der Waals surface area contributed by atoms with Gasteiger partial charge in [0.15, 0.2) is 11.5 Å². The molecule has 0 bridgehead atoms. The fraction of sp³-hybridized carbons (Fsp3) is 0.160. The molecule has 0 saturated heterocycles.